The number of hydrogen-bond donors (Lipinski definition) is 0. The Morgan fingerprint density at radius 2 is 1.73 bits per heavy atom. The zero-order valence-corrected chi connectivity index (χ0v) is 16.6. The van der Waals surface area contributed by atoms with Crippen LogP contribution in [0.1, 0.15) is 79.1 Å². The third-order valence-corrected chi connectivity index (χ3v) is 7.18. The van der Waals surface area contributed by atoms with Crippen LogP contribution in [0.2, 0.25) is 0 Å². The van der Waals surface area contributed by atoms with Crippen molar-refractivity contribution < 1.29 is 13.6 Å². The monoisotopic (exact) mass is 350 g/mol. The van der Waals surface area contributed by atoms with Crippen molar-refractivity contribution in [2.45, 2.75) is 79.1 Å². The highest BCUT2D eigenvalue weighted by Crippen LogP contribution is 2.56. The van der Waals surface area contributed by atoms with E-state index in [0.29, 0.717) is 25.7 Å². The molecule has 0 amide bonds. The molecular formula is C17H35O3PS. The van der Waals surface area contributed by atoms with Crippen molar-refractivity contribution in [3.05, 3.63) is 0 Å². The fourth-order valence-electron chi connectivity index (χ4n) is 2.76. The summed E-state index contributed by atoms with van der Waals surface area (Å²) >= 11 is 5.54. The van der Waals surface area contributed by atoms with Crippen LogP contribution in [0.4, 0.5) is 0 Å². The average molecular weight is 351 g/mol. The minimum absolute atomic E-state index is 0.147. The Kier molecular flexibility index (Phi) is 9.73. The summed E-state index contributed by atoms with van der Waals surface area (Å²) in [5, 5.41) is 0. The van der Waals surface area contributed by atoms with Gasteiger partial charge in [0.05, 0.1) is 19.8 Å². The van der Waals surface area contributed by atoms with Crippen LogP contribution in [-0.4, -0.2) is 19.8 Å². The van der Waals surface area contributed by atoms with Gasteiger partial charge in [0.25, 0.3) is 0 Å². The summed E-state index contributed by atoms with van der Waals surface area (Å²) in [6.07, 6.45) is 9.49. The molecule has 0 saturated carbocycles. The molecule has 1 atom stereocenters. The van der Waals surface area contributed by atoms with Crippen molar-refractivity contribution >= 4 is 18.5 Å². The summed E-state index contributed by atoms with van der Waals surface area (Å²) in [7, 11) is 0. The van der Waals surface area contributed by atoms with Gasteiger partial charge in [-0.3, -0.25) is 0 Å². The first-order valence-electron chi connectivity index (χ1n) is 9.06. The van der Waals surface area contributed by atoms with Gasteiger partial charge in [0.15, 0.2) is 0 Å². The molecule has 1 aliphatic rings. The number of hydrogen-bond acceptors (Lipinski definition) is 4. The van der Waals surface area contributed by atoms with E-state index in [2.05, 4.69) is 27.7 Å². The second kappa shape index (κ2) is 10.4. The molecule has 0 bridgehead atoms. The summed E-state index contributed by atoms with van der Waals surface area (Å²) < 4.78 is 17.8. The number of unbranched alkanes of at least 4 members (excludes halogenated alkanes) is 2. The van der Waals surface area contributed by atoms with E-state index in [4.69, 9.17) is 25.4 Å². The minimum atomic E-state index is -2.50. The van der Waals surface area contributed by atoms with Gasteiger partial charge in [-0.1, -0.05) is 59.8 Å². The predicted octanol–water partition coefficient (Wildman–Crippen LogP) is 6.08. The molecule has 0 aromatic rings. The molecule has 3 nitrogen and oxygen atoms in total. The summed E-state index contributed by atoms with van der Waals surface area (Å²) in [6, 6.07) is 0. The molecule has 1 heterocycles. The van der Waals surface area contributed by atoms with Gasteiger partial charge in [0.2, 0.25) is 0 Å². The van der Waals surface area contributed by atoms with Crippen LogP contribution in [0.3, 0.4) is 0 Å². The lowest BCUT2D eigenvalue weighted by molar-refractivity contribution is -0.00768. The molecule has 1 fully saturated rings. The van der Waals surface area contributed by atoms with Crippen molar-refractivity contribution in [2.75, 3.05) is 19.8 Å². The molecule has 0 aliphatic carbocycles. The van der Waals surface area contributed by atoms with Crippen LogP contribution in [0, 0.1) is 11.3 Å². The van der Waals surface area contributed by atoms with Crippen LogP contribution in [0.5, 0.6) is 0 Å². The van der Waals surface area contributed by atoms with Crippen LogP contribution >= 0.6 is 6.72 Å². The molecule has 5 heteroatoms. The normalized spacial score (nSPS) is 30.4. The molecule has 0 aromatic carbocycles. The Morgan fingerprint density at radius 1 is 1.09 bits per heavy atom. The highest BCUT2D eigenvalue weighted by Gasteiger charge is 2.39. The average Bonchev–Trinajstić information content (AvgIpc) is 2.55. The first-order chi connectivity index (χ1) is 10.5. The van der Waals surface area contributed by atoms with Crippen LogP contribution < -0.4 is 0 Å². The summed E-state index contributed by atoms with van der Waals surface area (Å²) in [5.74, 6) is 0.574. The first-order valence-corrected chi connectivity index (χ1v) is 11.6. The first kappa shape index (κ1) is 20.6. The Morgan fingerprint density at radius 3 is 2.23 bits per heavy atom. The fourth-order valence-corrected chi connectivity index (χ4v) is 4.74. The van der Waals surface area contributed by atoms with Gasteiger partial charge in [-0.05, 0) is 37.0 Å². The topological polar surface area (TPSA) is 27.7 Å². The molecule has 0 radical (unpaired) electrons. The molecule has 0 N–H and O–H groups in total. The zero-order chi connectivity index (χ0) is 16.5. The van der Waals surface area contributed by atoms with Crippen LogP contribution in [0.25, 0.3) is 0 Å². The van der Waals surface area contributed by atoms with E-state index >= 15 is 0 Å². The van der Waals surface area contributed by atoms with E-state index in [9.17, 15) is 0 Å². The molecular weight excluding hydrogens is 315 g/mol. The van der Waals surface area contributed by atoms with E-state index in [1.807, 2.05) is 0 Å². The summed E-state index contributed by atoms with van der Waals surface area (Å²) in [5.41, 5.74) is 0.147. The second-order valence-electron chi connectivity index (χ2n) is 6.66. The molecule has 1 saturated heterocycles. The molecule has 0 aromatic heterocycles. The number of rotatable bonds is 11. The Balaban J connectivity index is 2.44. The largest absolute Gasteiger partial charge is 0.327 e. The van der Waals surface area contributed by atoms with E-state index in [0.717, 1.165) is 19.3 Å². The van der Waals surface area contributed by atoms with Crippen molar-refractivity contribution in [3.63, 3.8) is 0 Å². The van der Waals surface area contributed by atoms with E-state index in [1.54, 1.807) is 0 Å². The fraction of sp³-hybridized carbons (Fsp3) is 1.00. The van der Waals surface area contributed by atoms with Gasteiger partial charge >= 0.3 is 6.72 Å². The molecule has 1 aliphatic heterocycles. The van der Waals surface area contributed by atoms with Gasteiger partial charge in [-0.2, -0.15) is 0 Å². The third kappa shape index (κ3) is 6.57. The van der Waals surface area contributed by atoms with Crippen LogP contribution in [0.15, 0.2) is 0 Å². The Bertz CT molecular complexity index is 329. The van der Waals surface area contributed by atoms with Gasteiger partial charge in [-0.15, -0.1) is 0 Å². The maximum atomic E-state index is 5.95. The maximum absolute atomic E-state index is 5.95. The van der Waals surface area contributed by atoms with E-state index < -0.39 is 6.72 Å². The molecule has 1 unspecified atom stereocenters. The zero-order valence-electron chi connectivity index (χ0n) is 14.9. The van der Waals surface area contributed by atoms with E-state index in [1.165, 1.54) is 32.1 Å². The Labute approximate surface area is 142 Å². The van der Waals surface area contributed by atoms with Crippen molar-refractivity contribution in [2.24, 2.45) is 11.3 Å². The predicted molar refractivity (Wildman–Crippen MR) is 97.7 cm³/mol. The van der Waals surface area contributed by atoms with Gasteiger partial charge in [-0.25, -0.2) is 0 Å². The SMILES string of the molecule is CCCCC(CC)COP1(=S)OCC(CC)(CCCC)CO1. The summed E-state index contributed by atoms with van der Waals surface area (Å²) in [4.78, 5) is 0. The highest BCUT2D eigenvalue weighted by molar-refractivity contribution is 8.07. The smallest absolute Gasteiger partial charge is 0.308 e. The quantitative estimate of drug-likeness (QED) is 0.422. The molecule has 0 spiro atoms. The van der Waals surface area contributed by atoms with Crippen molar-refractivity contribution in [1.82, 2.24) is 0 Å². The van der Waals surface area contributed by atoms with Crippen molar-refractivity contribution in [3.8, 4) is 0 Å². The van der Waals surface area contributed by atoms with Gasteiger partial charge < -0.3 is 13.6 Å². The minimum Gasteiger partial charge on any atom is -0.308 e. The maximum Gasteiger partial charge on any atom is 0.327 e. The lowest BCUT2D eigenvalue weighted by atomic mass is 9.82. The Hall–Kier alpha value is 0.530. The third-order valence-electron chi connectivity index (χ3n) is 4.88. The molecule has 22 heavy (non-hydrogen) atoms. The van der Waals surface area contributed by atoms with Crippen molar-refractivity contribution in [1.29, 1.82) is 0 Å². The second-order valence-corrected chi connectivity index (χ2v) is 9.67. The van der Waals surface area contributed by atoms with E-state index in [-0.39, 0.29) is 5.41 Å². The standard InChI is InChI=1S/C17H35O3PS/c1-5-9-11-16(7-3)13-18-21(22)19-14-17(8-4,15-20-21)12-10-6-2/h16H,5-15H2,1-4H3. The summed E-state index contributed by atoms with van der Waals surface area (Å²) in [6.45, 7) is 8.46. The lowest BCUT2D eigenvalue weighted by Gasteiger charge is -2.40. The molecule has 132 valence electrons. The highest BCUT2D eigenvalue weighted by atomic mass is 32.5. The van der Waals surface area contributed by atoms with Crippen LogP contribution in [-0.2, 0) is 25.4 Å². The molecule has 1 rings (SSSR count). The van der Waals surface area contributed by atoms with Gasteiger partial charge in [0.1, 0.15) is 0 Å². The van der Waals surface area contributed by atoms with Gasteiger partial charge in [0, 0.05) is 5.41 Å². The lowest BCUT2D eigenvalue weighted by Crippen LogP contribution is -2.35.